The van der Waals surface area contributed by atoms with E-state index in [9.17, 15) is 0 Å². The van der Waals surface area contributed by atoms with E-state index < -0.39 is 11.2 Å². The normalized spacial score (nSPS) is 12.1. The van der Waals surface area contributed by atoms with Crippen LogP contribution in [0.4, 0.5) is 0 Å². The van der Waals surface area contributed by atoms with Crippen molar-refractivity contribution >= 4 is 0 Å². The molecule has 0 aromatic heterocycles. The first-order chi connectivity index (χ1) is 12.2. The number of aryl methyl sites for hydroxylation is 2. The van der Waals surface area contributed by atoms with Crippen LogP contribution >= 0.6 is 0 Å². The summed E-state index contributed by atoms with van der Waals surface area (Å²) in [4.78, 5) is 22.4. The second-order valence-electron chi connectivity index (χ2n) is 7.88. The molecule has 0 amide bonds. The second kappa shape index (κ2) is 8.56. The third-order valence-corrected chi connectivity index (χ3v) is 4.23. The Balaban J connectivity index is 1.83. The molecule has 4 nitrogen and oxygen atoms in total. The van der Waals surface area contributed by atoms with Crippen LogP contribution in [0.15, 0.2) is 48.5 Å². The van der Waals surface area contributed by atoms with E-state index in [-0.39, 0.29) is 0 Å². The zero-order chi connectivity index (χ0) is 19.2. The number of rotatable bonds is 9. The van der Waals surface area contributed by atoms with Crippen LogP contribution in [0.2, 0.25) is 0 Å². The minimum Gasteiger partial charge on any atom is -0.337 e. The third kappa shape index (κ3) is 6.36. The van der Waals surface area contributed by atoms with E-state index in [0.29, 0.717) is 0 Å². The van der Waals surface area contributed by atoms with Gasteiger partial charge in [-0.15, -0.1) is 0 Å². The largest absolute Gasteiger partial charge is 0.337 e. The Kier molecular flexibility index (Phi) is 6.68. The summed E-state index contributed by atoms with van der Waals surface area (Å²) in [7, 11) is 0. The number of para-hydroxylation sites is 2. The topological polar surface area (TPSA) is 36.9 Å². The van der Waals surface area contributed by atoms with Crippen LogP contribution in [-0.4, -0.2) is 11.2 Å². The van der Waals surface area contributed by atoms with Crippen molar-refractivity contribution in [2.75, 3.05) is 0 Å². The maximum Gasteiger partial charge on any atom is 0.168 e. The Labute approximate surface area is 156 Å². The average molecular weight is 358 g/mol. The lowest BCUT2D eigenvalue weighted by Gasteiger charge is -2.29. The van der Waals surface area contributed by atoms with Crippen molar-refractivity contribution in [3.8, 4) is 11.5 Å². The molecule has 0 radical (unpaired) electrons. The molecular weight excluding hydrogens is 328 g/mol. The first-order valence-electron chi connectivity index (χ1n) is 9.01. The summed E-state index contributed by atoms with van der Waals surface area (Å²) in [6.45, 7) is 12.0. The smallest absolute Gasteiger partial charge is 0.168 e. The molecule has 0 saturated heterocycles. The van der Waals surface area contributed by atoms with Crippen molar-refractivity contribution in [2.45, 2.75) is 65.6 Å². The molecule has 0 aliphatic heterocycles. The van der Waals surface area contributed by atoms with Gasteiger partial charge in [-0.25, -0.2) is 0 Å². The highest BCUT2D eigenvalue weighted by molar-refractivity contribution is 5.31. The fourth-order valence-electron chi connectivity index (χ4n) is 2.30. The summed E-state index contributed by atoms with van der Waals surface area (Å²) in [5, 5.41) is 0. The summed E-state index contributed by atoms with van der Waals surface area (Å²) in [6, 6.07) is 15.6. The lowest BCUT2D eigenvalue weighted by Crippen LogP contribution is -2.33. The van der Waals surface area contributed by atoms with E-state index in [1.165, 1.54) is 0 Å². The van der Waals surface area contributed by atoms with Crippen molar-refractivity contribution < 1.29 is 19.6 Å². The Bertz CT molecular complexity index is 645. The Hall–Kier alpha value is -2.04. The molecule has 4 heteroatoms. The van der Waals surface area contributed by atoms with Crippen molar-refractivity contribution in [2.24, 2.45) is 0 Å². The molecule has 2 rings (SSSR count). The first-order valence-corrected chi connectivity index (χ1v) is 9.01. The number of hydrogen-bond donors (Lipinski definition) is 0. The van der Waals surface area contributed by atoms with Crippen LogP contribution in [-0.2, 0) is 9.78 Å². The lowest BCUT2D eigenvalue weighted by atomic mass is 9.94. The molecule has 2 aromatic carbocycles. The third-order valence-electron chi connectivity index (χ3n) is 4.23. The molecule has 0 heterocycles. The van der Waals surface area contributed by atoms with Crippen molar-refractivity contribution in [1.82, 2.24) is 0 Å². The molecule has 0 N–H and O–H groups in total. The van der Waals surface area contributed by atoms with E-state index in [1.54, 1.807) is 0 Å². The Morgan fingerprint density at radius 3 is 1.31 bits per heavy atom. The van der Waals surface area contributed by atoms with Crippen LogP contribution in [0, 0.1) is 13.8 Å². The van der Waals surface area contributed by atoms with Crippen LogP contribution < -0.4 is 9.78 Å². The second-order valence-corrected chi connectivity index (χ2v) is 7.88. The minimum atomic E-state index is -0.453. The SMILES string of the molecule is Cc1ccccc1OOC(C)(C)CCC(C)(C)OOc1ccccc1C. The van der Waals surface area contributed by atoms with E-state index in [1.807, 2.05) is 90.1 Å². The molecule has 0 spiro atoms. The quantitative estimate of drug-likeness (QED) is 0.409. The molecule has 0 unspecified atom stereocenters. The molecule has 2 aromatic rings. The molecule has 0 atom stereocenters. The van der Waals surface area contributed by atoms with Gasteiger partial charge in [0, 0.05) is 0 Å². The highest BCUT2D eigenvalue weighted by Crippen LogP contribution is 2.28. The molecule has 142 valence electrons. The predicted octanol–water partition coefficient (Wildman–Crippen LogP) is 5.96. The van der Waals surface area contributed by atoms with E-state index >= 15 is 0 Å². The van der Waals surface area contributed by atoms with E-state index in [4.69, 9.17) is 19.6 Å². The van der Waals surface area contributed by atoms with Gasteiger partial charge in [0.05, 0.1) is 0 Å². The molecule has 0 saturated carbocycles. The molecule has 0 aliphatic carbocycles. The highest BCUT2D eigenvalue weighted by Gasteiger charge is 2.28. The summed E-state index contributed by atoms with van der Waals surface area (Å²) >= 11 is 0. The van der Waals surface area contributed by atoms with Gasteiger partial charge in [-0.3, -0.25) is 0 Å². The number of hydrogen-bond acceptors (Lipinski definition) is 4. The standard InChI is InChI=1S/C22H30O4/c1-17-11-7-9-13-19(17)23-25-21(3,4)15-16-22(5,6)26-24-20-14-10-8-12-18(20)2/h7-14H,15-16H2,1-6H3. The van der Waals surface area contributed by atoms with Crippen LogP contribution in [0.3, 0.4) is 0 Å². The fourth-order valence-corrected chi connectivity index (χ4v) is 2.30. The number of benzene rings is 2. The highest BCUT2D eigenvalue weighted by atomic mass is 17.2. The van der Waals surface area contributed by atoms with Gasteiger partial charge in [0.1, 0.15) is 11.2 Å². The van der Waals surface area contributed by atoms with Crippen molar-refractivity contribution in [3.05, 3.63) is 59.7 Å². The lowest BCUT2D eigenvalue weighted by molar-refractivity contribution is -0.301. The van der Waals surface area contributed by atoms with Crippen LogP contribution in [0.25, 0.3) is 0 Å². The van der Waals surface area contributed by atoms with Gasteiger partial charge in [-0.2, -0.15) is 9.78 Å². The van der Waals surface area contributed by atoms with E-state index in [2.05, 4.69) is 0 Å². The van der Waals surface area contributed by atoms with Crippen molar-refractivity contribution in [1.29, 1.82) is 0 Å². The Morgan fingerprint density at radius 1 is 0.615 bits per heavy atom. The van der Waals surface area contributed by atoms with Gasteiger partial charge >= 0.3 is 0 Å². The van der Waals surface area contributed by atoms with Gasteiger partial charge in [-0.05, 0) is 77.6 Å². The Morgan fingerprint density at radius 2 is 0.962 bits per heavy atom. The summed E-state index contributed by atoms with van der Waals surface area (Å²) in [5.41, 5.74) is 1.18. The molecule has 0 aliphatic rings. The average Bonchev–Trinajstić information content (AvgIpc) is 2.59. The fraction of sp³-hybridized carbons (Fsp3) is 0.455. The van der Waals surface area contributed by atoms with Gasteiger partial charge in [0.15, 0.2) is 11.5 Å². The maximum absolute atomic E-state index is 5.68. The maximum atomic E-state index is 5.68. The minimum absolute atomic E-state index is 0.453. The molecular formula is C22H30O4. The predicted molar refractivity (Wildman–Crippen MR) is 103 cm³/mol. The summed E-state index contributed by atoms with van der Waals surface area (Å²) in [6.07, 6.45) is 1.51. The van der Waals surface area contributed by atoms with Gasteiger partial charge < -0.3 is 9.78 Å². The van der Waals surface area contributed by atoms with Crippen molar-refractivity contribution in [3.63, 3.8) is 0 Å². The van der Waals surface area contributed by atoms with E-state index in [0.717, 1.165) is 35.5 Å². The molecule has 0 bridgehead atoms. The van der Waals surface area contributed by atoms with Gasteiger partial charge in [0.2, 0.25) is 0 Å². The zero-order valence-corrected chi connectivity index (χ0v) is 16.7. The van der Waals surface area contributed by atoms with Gasteiger partial charge in [0.25, 0.3) is 0 Å². The van der Waals surface area contributed by atoms with Gasteiger partial charge in [-0.1, -0.05) is 36.4 Å². The van der Waals surface area contributed by atoms with Crippen LogP contribution in [0.5, 0.6) is 11.5 Å². The summed E-state index contributed by atoms with van der Waals surface area (Å²) in [5.74, 6) is 1.47. The zero-order valence-electron chi connectivity index (χ0n) is 16.7. The van der Waals surface area contributed by atoms with Crippen LogP contribution in [0.1, 0.15) is 51.7 Å². The first kappa shape index (κ1) is 20.3. The summed E-state index contributed by atoms with van der Waals surface area (Å²) < 4.78 is 0. The molecule has 0 fully saturated rings. The molecule has 26 heavy (non-hydrogen) atoms. The monoisotopic (exact) mass is 358 g/mol.